The number of hydrogen-bond acceptors (Lipinski definition) is 7. The van der Waals surface area contributed by atoms with Gasteiger partial charge in [-0.1, -0.05) is 30.3 Å². The van der Waals surface area contributed by atoms with Gasteiger partial charge < -0.3 is 20.2 Å². The highest BCUT2D eigenvalue weighted by atomic mass is 19.1. The molecule has 9 heteroatoms. The van der Waals surface area contributed by atoms with Crippen molar-refractivity contribution < 1.29 is 18.7 Å². The number of rotatable bonds is 8. The van der Waals surface area contributed by atoms with Crippen LogP contribution in [-0.4, -0.2) is 18.0 Å². The number of nitrogens with zero attached hydrogens (tertiary/aromatic N) is 1. The van der Waals surface area contributed by atoms with Gasteiger partial charge in [-0.3, -0.25) is 10.2 Å². The Bertz CT molecular complexity index is 1410. The molecule has 2 heterocycles. The summed E-state index contributed by atoms with van der Waals surface area (Å²) in [6.07, 6.45) is 0. The van der Waals surface area contributed by atoms with E-state index in [1.807, 2.05) is 42.5 Å². The van der Waals surface area contributed by atoms with Crippen LogP contribution in [0.1, 0.15) is 21.5 Å². The van der Waals surface area contributed by atoms with E-state index in [2.05, 4.69) is 26.7 Å². The molecule has 8 nitrogen and oxygen atoms in total. The summed E-state index contributed by atoms with van der Waals surface area (Å²) >= 11 is 0. The van der Waals surface area contributed by atoms with Crippen molar-refractivity contribution in [2.45, 2.75) is 13.2 Å². The number of methoxy groups -OCH3 is 1. The molecule has 0 unspecified atom stereocenters. The Morgan fingerprint density at radius 3 is 2.72 bits per heavy atom. The summed E-state index contributed by atoms with van der Waals surface area (Å²) in [6.45, 7) is 0.431. The number of carbonyl (C=O) groups excluding carboxylic acids is 1. The van der Waals surface area contributed by atoms with Gasteiger partial charge in [0.05, 0.1) is 31.7 Å². The Balaban J connectivity index is 1.21. The minimum atomic E-state index is -0.454. The number of nitrogens with one attached hydrogen (secondary N) is 4. The van der Waals surface area contributed by atoms with Gasteiger partial charge in [-0.25, -0.2) is 9.37 Å². The molecule has 0 saturated carbocycles. The lowest BCUT2D eigenvalue weighted by molar-refractivity contribution is 0.102. The molecular weight excluding hydrogens is 461 g/mol. The number of anilines is 3. The summed E-state index contributed by atoms with van der Waals surface area (Å²) in [4.78, 5) is 17.4. The molecule has 3 aromatic carbocycles. The van der Waals surface area contributed by atoms with Gasteiger partial charge in [-0.15, -0.1) is 5.53 Å². The van der Waals surface area contributed by atoms with Crippen molar-refractivity contribution in [1.29, 1.82) is 0 Å². The molecule has 0 spiro atoms. The largest absolute Gasteiger partial charge is 0.497 e. The van der Waals surface area contributed by atoms with E-state index >= 15 is 0 Å². The van der Waals surface area contributed by atoms with Gasteiger partial charge in [0.25, 0.3) is 5.91 Å². The van der Waals surface area contributed by atoms with Crippen LogP contribution in [0.15, 0.2) is 78.9 Å². The fourth-order valence-corrected chi connectivity index (χ4v) is 3.78. The maximum absolute atomic E-state index is 14.7. The standard InChI is InChI=1S/C27H24FN5O3/c1-35-22-7-2-4-17(12-22)15-36-16-20-8-9-21(14-23(20)28)29-27(34)19-6-3-5-18(13-19)24-10-11-25-26(30-24)32-33-31-25/h2-14,31,33H,15-16H2,1H3,(H,29,34)(H,30,32). The Kier molecular flexibility index (Phi) is 6.74. The Morgan fingerprint density at radius 1 is 0.972 bits per heavy atom. The average Bonchev–Trinajstić information content (AvgIpc) is 3.38. The predicted octanol–water partition coefficient (Wildman–Crippen LogP) is 5.12. The number of hydrazine groups is 2. The van der Waals surface area contributed by atoms with Crippen molar-refractivity contribution >= 4 is 23.1 Å². The van der Waals surface area contributed by atoms with Gasteiger partial charge in [0.15, 0.2) is 5.82 Å². The zero-order valence-corrected chi connectivity index (χ0v) is 19.5. The monoisotopic (exact) mass is 485 g/mol. The first-order chi connectivity index (χ1) is 17.6. The fraction of sp³-hybridized carbons (Fsp3) is 0.111. The minimum absolute atomic E-state index is 0.104. The second kappa shape index (κ2) is 10.4. The van der Waals surface area contributed by atoms with Gasteiger partial charge in [-0.05, 0) is 54.1 Å². The summed E-state index contributed by atoms with van der Waals surface area (Å²) in [5, 5.41) is 2.75. The van der Waals surface area contributed by atoms with Crippen LogP contribution in [0.2, 0.25) is 0 Å². The molecule has 0 atom stereocenters. The molecule has 0 saturated heterocycles. The molecule has 1 aliphatic heterocycles. The van der Waals surface area contributed by atoms with E-state index in [-0.39, 0.29) is 12.5 Å². The van der Waals surface area contributed by atoms with Gasteiger partial charge in [0.2, 0.25) is 0 Å². The predicted molar refractivity (Wildman–Crippen MR) is 136 cm³/mol. The number of hydrogen-bond donors (Lipinski definition) is 4. The van der Waals surface area contributed by atoms with Crippen molar-refractivity contribution in [3.63, 3.8) is 0 Å². The molecule has 1 aliphatic rings. The molecule has 5 rings (SSSR count). The average molecular weight is 486 g/mol. The van der Waals surface area contributed by atoms with Crippen LogP contribution in [-0.2, 0) is 18.0 Å². The van der Waals surface area contributed by atoms with Crippen LogP contribution in [0.25, 0.3) is 11.3 Å². The second-order valence-electron chi connectivity index (χ2n) is 8.15. The van der Waals surface area contributed by atoms with E-state index in [1.54, 1.807) is 37.4 Å². The summed E-state index contributed by atoms with van der Waals surface area (Å²) in [5.74, 6) is 0.610. The third-order valence-corrected chi connectivity index (χ3v) is 5.67. The summed E-state index contributed by atoms with van der Waals surface area (Å²) in [7, 11) is 1.60. The highest BCUT2D eigenvalue weighted by molar-refractivity contribution is 6.05. The SMILES string of the molecule is COc1cccc(COCc2ccc(NC(=O)c3cccc(-c4ccc5c(n4)NNN5)c3)cc2F)c1. The summed E-state index contributed by atoms with van der Waals surface area (Å²) in [5.41, 5.74) is 13.1. The van der Waals surface area contributed by atoms with Crippen LogP contribution >= 0.6 is 0 Å². The van der Waals surface area contributed by atoms with Crippen molar-refractivity contribution in [3.05, 3.63) is 101 Å². The maximum Gasteiger partial charge on any atom is 0.255 e. The van der Waals surface area contributed by atoms with Crippen molar-refractivity contribution in [3.8, 4) is 17.0 Å². The van der Waals surface area contributed by atoms with Gasteiger partial charge >= 0.3 is 0 Å². The van der Waals surface area contributed by atoms with Gasteiger partial charge in [-0.2, -0.15) is 0 Å². The normalized spacial score (nSPS) is 11.8. The number of pyridine rings is 1. The first-order valence-corrected chi connectivity index (χ1v) is 11.3. The van der Waals surface area contributed by atoms with E-state index in [9.17, 15) is 9.18 Å². The lowest BCUT2D eigenvalue weighted by Gasteiger charge is -2.10. The number of fused-ring (bicyclic) bond motifs is 1. The molecule has 4 N–H and O–H groups in total. The quantitative estimate of drug-likeness (QED) is 0.275. The zero-order chi connectivity index (χ0) is 24.9. The highest BCUT2D eigenvalue weighted by Crippen LogP contribution is 2.27. The fourth-order valence-electron chi connectivity index (χ4n) is 3.78. The Morgan fingerprint density at radius 2 is 1.86 bits per heavy atom. The third kappa shape index (κ3) is 5.27. The summed E-state index contributed by atoms with van der Waals surface area (Å²) < 4.78 is 25.5. The summed E-state index contributed by atoms with van der Waals surface area (Å²) in [6, 6.07) is 22.9. The molecule has 36 heavy (non-hydrogen) atoms. The minimum Gasteiger partial charge on any atom is -0.497 e. The maximum atomic E-state index is 14.7. The number of amides is 1. The van der Waals surface area contributed by atoms with E-state index < -0.39 is 5.82 Å². The zero-order valence-electron chi connectivity index (χ0n) is 19.5. The van der Waals surface area contributed by atoms with Crippen LogP contribution in [0, 0.1) is 5.82 Å². The Hall–Kier alpha value is -4.47. The molecular formula is C27H24FN5O3. The van der Waals surface area contributed by atoms with Crippen LogP contribution < -0.4 is 26.4 Å². The van der Waals surface area contributed by atoms with E-state index in [0.29, 0.717) is 34.9 Å². The van der Waals surface area contributed by atoms with Crippen molar-refractivity contribution in [1.82, 2.24) is 10.5 Å². The van der Waals surface area contributed by atoms with Gasteiger partial charge in [0.1, 0.15) is 11.6 Å². The smallest absolute Gasteiger partial charge is 0.255 e. The highest BCUT2D eigenvalue weighted by Gasteiger charge is 2.14. The molecule has 4 aromatic rings. The topological polar surface area (TPSA) is 96.5 Å². The third-order valence-electron chi connectivity index (χ3n) is 5.67. The molecule has 0 aliphatic carbocycles. The lowest BCUT2D eigenvalue weighted by atomic mass is 10.1. The van der Waals surface area contributed by atoms with Crippen molar-refractivity contribution in [2.75, 3.05) is 23.3 Å². The van der Waals surface area contributed by atoms with Crippen LogP contribution in [0.4, 0.5) is 21.6 Å². The molecule has 0 radical (unpaired) electrons. The number of aromatic nitrogens is 1. The van der Waals surface area contributed by atoms with Crippen molar-refractivity contribution in [2.24, 2.45) is 0 Å². The molecule has 1 aromatic heterocycles. The molecule has 0 bridgehead atoms. The van der Waals surface area contributed by atoms with E-state index in [1.165, 1.54) is 6.07 Å². The number of carbonyl (C=O) groups is 1. The van der Waals surface area contributed by atoms with Crippen LogP contribution in [0.3, 0.4) is 0 Å². The lowest BCUT2D eigenvalue weighted by Crippen LogP contribution is -2.19. The van der Waals surface area contributed by atoms with Crippen LogP contribution in [0.5, 0.6) is 5.75 Å². The Labute approximate surface area is 207 Å². The first-order valence-electron chi connectivity index (χ1n) is 11.3. The van der Waals surface area contributed by atoms with Gasteiger partial charge in [0, 0.05) is 22.4 Å². The molecule has 182 valence electrons. The van der Waals surface area contributed by atoms with E-state index in [4.69, 9.17) is 9.47 Å². The number of ether oxygens (including phenoxy) is 2. The molecule has 0 fully saturated rings. The molecule has 1 amide bonds. The first kappa shape index (κ1) is 23.3. The van der Waals surface area contributed by atoms with E-state index in [0.717, 1.165) is 22.6 Å². The number of halogens is 1. The second-order valence-corrected chi connectivity index (χ2v) is 8.15. The number of benzene rings is 3.